The van der Waals surface area contributed by atoms with E-state index < -0.39 is 33.8 Å². The summed E-state index contributed by atoms with van der Waals surface area (Å²) in [6.45, 7) is 3.58. The maximum Gasteiger partial charge on any atom is 0.262 e. The van der Waals surface area contributed by atoms with Gasteiger partial charge in [0.05, 0.1) is 17.5 Å². The number of hydrogen-bond donors (Lipinski definition) is 2. The number of aromatic nitrogens is 1. The van der Waals surface area contributed by atoms with E-state index in [1.165, 1.54) is 23.6 Å². The number of nitrogens with zero attached hydrogens (tertiary/aromatic N) is 2. The highest BCUT2D eigenvalue weighted by Crippen LogP contribution is 2.18. The highest BCUT2D eigenvalue weighted by Gasteiger charge is 2.35. The van der Waals surface area contributed by atoms with Crippen LogP contribution in [0.5, 0.6) is 0 Å². The number of ketones is 1. The van der Waals surface area contributed by atoms with Crippen molar-refractivity contribution < 1.29 is 22.8 Å². The first-order valence-electron chi connectivity index (χ1n) is 10.8. The largest absolute Gasteiger partial charge is 0.344 e. The molecule has 2 amide bonds. The maximum atomic E-state index is 13.1. The molecule has 0 aromatic carbocycles. The average molecular weight is 493 g/mol. The van der Waals surface area contributed by atoms with Crippen LogP contribution >= 0.6 is 11.3 Å². The smallest absolute Gasteiger partial charge is 0.262 e. The topological polar surface area (TPSA) is 126 Å². The molecule has 0 aliphatic carbocycles. The van der Waals surface area contributed by atoms with Crippen LogP contribution in [-0.4, -0.2) is 60.5 Å². The van der Waals surface area contributed by atoms with E-state index in [1.54, 1.807) is 29.6 Å². The minimum atomic E-state index is -3.91. The number of carbonyl (C=O) groups is 3. The second kappa shape index (κ2) is 11.0. The molecule has 11 heteroatoms. The molecule has 0 spiro atoms. The lowest BCUT2D eigenvalue weighted by Gasteiger charge is -2.26. The number of hydrogen-bond acceptors (Lipinski definition) is 7. The van der Waals surface area contributed by atoms with Crippen molar-refractivity contribution in [3.63, 3.8) is 0 Å². The minimum absolute atomic E-state index is 0.117. The van der Waals surface area contributed by atoms with Gasteiger partial charge in [0, 0.05) is 12.7 Å². The summed E-state index contributed by atoms with van der Waals surface area (Å²) in [5, 5.41) is 7.19. The Bertz CT molecular complexity index is 1070. The van der Waals surface area contributed by atoms with Gasteiger partial charge in [-0.1, -0.05) is 32.4 Å². The first kappa shape index (κ1) is 25.0. The van der Waals surface area contributed by atoms with E-state index >= 15 is 0 Å². The van der Waals surface area contributed by atoms with Crippen molar-refractivity contribution in [2.75, 3.05) is 13.1 Å². The van der Waals surface area contributed by atoms with Crippen molar-refractivity contribution >= 4 is 39.0 Å². The molecule has 1 unspecified atom stereocenters. The number of sulfonamides is 1. The maximum absolute atomic E-state index is 13.1. The van der Waals surface area contributed by atoms with Gasteiger partial charge in [0.25, 0.3) is 15.9 Å². The van der Waals surface area contributed by atoms with Crippen LogP contribution in [0, 0.1) is 5.92 Å². The molecule has 1 saturated heterocycles. The lowest BCUT2D eigenvalue weighted by molar-refractivity contribution is -0.129. The highest BCUT2D eigenvalue weighted by atomic mass is 32.2. The fourth-order valence-electron chi connectivity index (χ4n) is 3.57. The van der Waals surface area contributed by atoms with E-state index in [0.717, 1.165) is 4.31 Å². The number of rotatable bonds is 8. The number of thiophene rings is 1. The summed E-state index contributed by atoms with van der Waals surface area (Å²) in [4.78, 5) is 42.9. The summed E-state index contributed by atoms with van der Waals surface area (Å²) in [6, 6.07) is 6.37. The fraction of sp³-hybridized carbons (Fsp3) is 0.455. The zero-order chi connectivity index (χ0) is 24.0. The molecule has 9 nitrogen and oxygen atoms in total. The normalized spacial score (nSPS) is 19.3. The van der Waals surface area contributed by atoms with Crippen molar-refractivity contribution in [1.29, 1.82) is 0 Å². The van der Waals surface area contributed by atoms with Crippen molar-refractivity contribution in [2.45, 2.75) is 50.2 Å². The minimum Gasteiger partial charge on any atom is -0.344 e. The van der Waals surface area contributed by atoms with Gasteiger partial charge in [-0.15, -0.1) is 11.3 Å². The molecule has 2 aromatic heterocycles. The molecule has 0 bridgehead atoms. The third kappa shape index (κ3) is 6.04. The molecule has 1 aliphatic rings. The van der Waals surface area contributed by atoms with E-state index in [2.05, 4.69) is 15.6 Å². The van der Waals surface area contributed by atoms with Crippen LogP contribution in [0.3, 0.4) is 0 Å². The first-order chi connectivity index (χ1) is 15.7. The Balaban J connectivity index is 1.69. The van der Waals surface area contributed by atoms with Gasteiger partial charge in [-0.25, -0.2) is 13.4 Å². The molecular formula is C22H28N4O5S2. The third-order valence-corrected chi connectivity index (χ3v) is 8.34. The van der Waals surface area contributed by atoms with E-state index in [-0.39, 0.29) is 29.9 Å². The van der Waals surface area contributed by atoms with Crippen LogP contribution < -0.4 is 10.6 Å². The van der Waals surface area contributed by atoms with Gasteiger partial charge in [-0.05, 0) is 42.3 Å². The van der Waals surface area contributed by atoms with Gasteiger partial charge in [0.15, 0.2) is 10.8 Å². The van der Waals surface area contributed by atoms with E-state index in [1.807, 2.05) is 13.8 Å². The first-order valence-corrected chi connectivity index (χ1v) is 13.1. The van der Waals surface area contributed by atoms with Crippen molar-refractivity contribution in [3.05, 3.63) is 46.8 Å². The Morgan fingerprint density at radius 3 is 2.70 bits per heavy atom. The van der Waals surface area contributed by atoms with Gasteiger partial charge in [0.1, 0.15) is 6.04 Å². The van der Waals surface area contributed by atoms with Gasteiger partial charge in [-0.2, -0.15) is 4.31 Å². The lowest BCUT2D eigenvalue weighted by atomic mass is 9.97. The number of Topliss-reactive ketones (excluding diaryl/α,β-unsaturated/α-hetero) is 1. The van der Waals surface area contributed by atoms with Crippen LogP contribution in [0.1, 0.15) is 42.8 Å². The zero-order valence-electron chi connectivity index (χ0n) is 18.6. The van der Waals surface area contributed by atoms with Crippen molar-refractivity contribution in [2.24, 2.45) is 5.92 Å². The van der Waals surface area contributed by atoms with Gasteiger partial charge in [-0.3, -0.25) is 14.4 Å². The summed E-state index contributed by atoms with van der Waals surface area (Å²) < 4.78 is 26.8. The van der Waals surface area contributed by atoms with Crippen LogP contribution in [0.25, 0.3) is 0 Å². The predicted molar refractivity (Wildman–Crippen MR) is 124 cm³/mol. The molecule has 1 fully saturated rings. The monoisotopic (exact) mass is 492 g/mol. The summed E-state index contributed by atoms with van der Waals surface area (Å²) in [6.07, 6.45) is 2.75. The third-order valence-electron chi connectivity index (χ3n) is 5.71. The lowest BCUT2D eigenvalue weighted by Crippen LogP contribution is -2.54. The molecule has 2 N–H and O–H groups in total. The zero-order valence-corrected chi connectivity index (χ0v) is 20.2. The Labute approximate surface area is 197 Å². The molecule has 3 rings (SSSR count). The van der Waals surface area contributed by atoms with Crippen molar-refractivity contribution in [3.8, 4) is 0 Å². The number of nitrogens with one attached hydrogen (secondary N) is 2. The summed E-state index contributed by atoms with van der Waals surface area (Å²) >= 11 is 1.28. The number of pyridine rings is 1. The molecule has 178 valence electrons. The molecule has 33 heavy (non-hydrogen) atoms. The van der Waals surface area contributed by atoms with E-state index in [9.17, 15) is 22.8 Å². The Kier molecular flexibility index (Phi) is 8.33. The predicted octanol–water partition coefficient (Wildman–Crippen LogP) is 1.83. The average Bonchev–Trinajstić information content (AvgIpc) is 3.29. The van der Waals surface area contributed by atoms with Gasteiger partial charge >= 0.3 is 0 Å². The Morgan fingerprint density at radius 1 is 1.27 bits per heavy atom. The molecule has 0 saturated carbocycles. The van der Waals surface area contributed by atoms with E-state index in [0.29, 0.717) is 24.1 Å². The quantitative estimate of drug-likeness (QED) is 0.579. The van der Waals surface area contributed by atoms with Crippen LogP contribution in [-0.2, 0) is 19.6 Å². The van der Waals surface area contributed by atoms with Crippen LogP contribution in [0.15, 0.2) is 46.9 Å². The summed E-state index contributed by atoms with van der Waals surface area (Å²) in [5.41, 5.74) is 0. The Morgan fingerprint density at radius 2 is 2.06 bits per heavy atom. The fourth-order valence-corrected chi connectivity index (χ4v) is 5.57. The number of carbonyl (C=O) groups excluding carboxylic acids is 3. The van der Waals surface area contributed by atoms with Gasteiger partial charge < -0.3 is 10.6 Å². The molecule has 0 radical (unpaired) electrons. The SMILES string of the molecule is CC[C@@H](C)[C@H](NC(=O)c1cccs1)C(=O)NC1CCCN(S(=O)(=O)c2ccccn2)CC1=O. The standard InChI is InChI=1S/C22H28N4O5S2/c1-3-15(2)20(25-21(28)18-9-7-13-32-18)22(29)24-16-8-6-12-26(14-17(16)27)33(30,31)19-10-4-5-11-23-19/h4-5,7,9-11,13,15-16,20H,3,6,8,12,14H2,1-2H3,(H,24,29)(H,25,28)/t15-,16?,20+/m1/s1. The molecule has 3 heterocycles. The van der Waals surface area contributed by atoms with E-state index in [4.69, 9.17) is 0 Å². The van der Waals surface area contributed by atoms with Crippen LogP contribution in [0.2, 0.25) is 0 Å². The van der Waals surface area contributed by atoms with Crippen molar-refractivity contribution in [1.82, 2.24) is 19.9 Å². The molecule has 1 aliphatic heterocycles. The Hall–Kier alpha value is -2.63. The number of amides is 2. The molecule has 2 aromatic rings. The highest BCUT2D eigenvalue weighted by molar-refractivity contribution is 7.89. The second-order valence-corrected chi connectivity index (χ2v) is 10.8. The summed E-state index contributed by atoms with van der Waals surface area (Å²) in [7, 11) is -3.91. The second-order valence-electron chi connectivity index (χ2n) is 7.99. The molecule has 3 atom stereocenters. The molecular weight excluding hydrogens is 464 g/mol. The van der Waals surface area contributed by atoms with Crippen LogP contribution in [0.4, 0.5) is 0 Å². The van der Waals surface area contributed by atoms with Gasteiger partial charge in [0.2, 0.25) is 5.91 Å². The summed E-state index contributed by atoms with van der Waals surface area (Å²) in [5.74, 6) is -1.34.